The van der Waals surface area contributed by atoms with Crippen molar-refractivity contribution in [3.05, 3.63) is 0 Å². The van der Waals surface area contributed by atoms with Gasteiger partial charge in [0.15, 0.2) is 0 Å². The first kappa shape index (κ1) is 13.4. The maximum Gasteiger partial charge on any atom is 0.321 e. The Kier molecular flexibility index (Phi) is 4.28. The lowest BCUT2D eigenvalue weighted by molar-refractivity contribution is -0.139. The zero-order chi connectivity index (χ0) is 12.3. The summed E-state index contributed by atoms with van der Waals surface area (Å²) in [6.45, 7) is 3.69. The summed E-state index contributed by atoms with van der Waals surface area (Å²) in [5, 5.41) is 8.88. The number of carboxylic acid groups (broad SMARTS) is 1. The molecule has 0 radical (unpaired) electrons. The van der Waals surface area contributed by atoms with Crippen molar-refractivity contribution < 1.29 is 18.3 Å². The molecule has 0 amide bonds. The SMILES string of the molecule is CC(C)C[C@@H](NS(=O)(=O)NC1CC1)C(=O)O. The molecule has 16 heavy (non-hydrogen) atoms. The minimum absolute atomic E-state index is 0.0222. The molecule has 1 saturated carbocycles. The van der Waals surface area contributed by atoms with Crippen molar-refractivity contribution in [2.24, 2.45) is 5.92 Å². The van der Waals surface area contributed by atoms with Gasteiger partial charge in [0.05, 0.1) is 0 Å². The van der Waals surface area contributed by atoms with Crippen LogP contribution in [0.5, 0.6) is 0 Å². The highest BCUT2D eigenvalue weighted by Gasteiger charge is 2.30. The Hall–Kier alpha value is -0.660. The van der Waals surface area contributed by atoms with Gasteiger partial charge in [-0.3, -0.25) is 4.79 Å². The molecule has 0 aromatic heterocycles. The highest BCUT2D eigenvalue weighted by Crippen LogP contribution is 2.19. The molecule has 1 rings (SSSR count). The first-order chi connectivity index (χ1) is 7.30. The first-order valence-corrected chi connectivity index (χ1v) is 6.81. The Morgan fingerprint density at radius 1 is 1.44 bits per heavy atom. The average molecular weight is 250 g/mol. The van der Waals surface area contributed by atoms with E-state index in [0.717, 1.165) is 12.8 Å². The van der Waals surface area contributed by atoms with Crippen LogP contribution >= 0.6 is 0 Å². The molecule has 1 fully saturated rings. The summed E-state index contributed by atoms with van der Waals surface area (Å²) in [6, 6.07) is -1.08. The number of carboxylic acids is 1. The van der Waals surface area contributed by atoms with Gasteiger partial charge in [-0.15, -0.1) is 0 Å². The Bertz CT molecular complexity index is 349. The second kappa shape index (κ2) is 5.11. The Balaban J connectivity index is 2.55. The van der Waals surface area contributed by atoms with Gasteiger partial charge in [-0.1, -0.05) is 13.8 Å². The van der Waals surface area contributed by atoms with E-state index in [9.17, 15) is 13.2 Å². The molecule has 3 N–H and O–H groups in total. The highest BCUT2D eigenvalue weighted by atomic mass is 32.2. The van der Waals surface area contributed by atoms with E-state index in [2.05, 4.69) is 9.44 Å². The van der Waals surface area contributed by atoms with Crippen LogP contribution in [-0.4, -0.2) is 31.6 Å². The molecule has 1 aliphatic rings. The standard InChI is InChI=1S/C9H18N2O4S/c1-6(2)5-8(9(12)13)11-16(14,15)10-7-3-4-7/h6-8,10-11H,3-5H2,1-2H3,(H,12,13)/t8-/m1/s1. The molecule has 1 atom stereocenters. The van der Waals surface area contributed by atoms with Crippen LogP contribution in [0.25, 0.3) is 0 Å². The van der Waals surface area contributed by atoms with E-state index in [1.54, 1.807) is 0 Å². The molecule has 0 saturated heterocycles. The van der Waals surface area contributed by atoms with E-state index in [1.165, 1.54) is 0 Å². The first-order valence-electron chi connectivity index (χ1n) is 5.32. The molecular formula is C9H18N2O4S. The van der Waals surface area contributed by atoms with Crippen molar-refractivity contribution in [2.45, 2.75) is 45.2 Å². The maximum absolute atomic E-state index is 11.5. The lowest BCUT2D eigenvalue weighted by Gasteiger charge is -2.16. The van der Waals surface area contributed by atoms with E-state index < -0.39 is 22.2 Å². The zero-order valence-electron chi connectivity index (χ0n) is 9.43. The number of rotatable bonds is 7. The van der Waals surface area contributed by atoms with E-state index in [-0.39, 0.29) is 18.4 Å². The minimum Gasteiger partial charge on any atom is -0.480 e. The molecule has 0 spiro atoms. The van der Waals surface area contributed by atoms with Gasteiger partial charge in [0.1, 0.15) is 6.04 Å². The molecule has 0 unspecified atom stereocenters. The fraction of sp³-hybridized carbons (Fsp3) is 0.889. The zero-order valence-corrected chi connectivity index (χ0v) is 10.3. The van der Waals surface area contributed by atoms with Crippen LogP contribution < -0.4 is 9.44 Å². The van der Waals surface area contributed by atoms with Crippen molar-refractivity contribution >= 4 is 16.2 Å². The third-order valence-electron chi connectivity index (χ3n) is 2.20. The summed E-state index contributed by atoms with van der Waals surface area (Å²) in [6.07, 6.45) is 1.92. The van der Waals surface area contributed by atoms with Crippen LogP contribution in [0, 0.1) is 5.92 Å². The largest absolute Gasteiger partial charge is 0.480 e. The van der Waals surface area contributed by atoms with E-state index in [4.69, 9.17) is 5.11 Å². The summed E-state index contributed by atoms with van der Waals surface area (Å²) in [4.78, 5) is 10.9. The Morgan fingerprint density at radius 2 is 2.00 bits per heavy atom. The summed E-state index contributed by atoms with van der Waals surface area (Å²) in [5.41, 5.74) is 0. The third kappa shape index (κ3) is 4.91. The van der Waals surface area contributed by atoms with Crippen molar-refractivity contribution in [3.63, 3.8) is 0 Å². The van der Waals surface area contributed by atoms with Gasteiger partial charge in [0, 0.05) is 6.04 Å². The smallest absolute Gasteiger partial charge is 0.321 e. The Morgan fingerprint density at radius 3 is 2.38 bits per heavy atom. The molecule has 94 valence electrons. The lowest BCUT2D eigenvalue weighted by Crippen LogP contribution is -2.47. The molecular weight excluding hydrogens is 232 g/mol. The maximum atomic E-state index is 11.5. The quantitative estimate of drug-likeness (QED) is 0.596. The second-order valence-electron chi connectivity index (χ2n) is 4.53. The highest BCUT2D eigenvalue weighted by molar-refractivity contribution is 7.87. The van der Waals surface area contributed by atoms with Crippen LogP contribution in [0.2, 0.25) is 0 Å². The fourth-order valence-electron chi connectivity index (χ4n) is 1.31. The average Bonchev–Trinajstić information content (AvgIpc) is 2.84. The van der Waals surface area contributed by atoms with Crippen molar-refractivity contribution in [2.75, 3.05) is 0 Å². The van der Waals surface area contributed by atoms with Crippen LogP contribution in [-0.2, 0) is 15.0 Å². The normalized spacial score (nSPS) is 18.7. The van der Waals surface area contributed by atoms with Gasteiger partial charge >= 0.3 is 5.97 Å². The van der Waals surface area contributed by atoms with Crippen molar-refractivity contribution in [1.29, 1.82) is 0 Å². The van der Waals surface area contributed by atoms with Gasteiger partial charge in [0.2, 0.25) is 0 Å². The minimum atomic E-state index is -3.69. The van der Waals surface area contributed by atoms with Crippen molar-refractivity contribution in [1.82, 2.24) is 9.44 Å². The summed E-state index contributed by atoms with van der Waals surface area (Å²) >= 11 is 0. The molecule has 6 nitrogen and oxygen atoms in total. The summed E-state index contributed by atoms with van der Waals surface area (Å²) in [5.74, 6) is -1.03. The number of aliphatic carboxylic acids is 1. The van der Waals surface area contributed by atoms with Crippen LogP contribution in [0.4, 0.5) is 0 Å². The van der Waals surface area contributed by atoms with Crippen molar-refractivity contribution in [3.8, 4) is 0 Å². The predicted octanol–water partition coefficient (Wildman–Crippen LogP) is 0.0721. The van der Waals surface area contributed by atoms with Crippen LogP contribution in [0.3, 0.4) is 0 Å². The molecule has 0 aromatic rings. The van der Waals surface area contributed by atoms with Gasteiger partial charge in [-0.2, -0.15) is 17.9 Å². The molecule has 0 aromatic carbocycles. The predicted molar refractivity (Wildman–Crippen MR) is 59.1 cm³/mol. The van der Waals surface area contributed by atoms with E-state index in [1.807, 2.05) is 13.8 Å². The van der Waals surface area contributed by atoms with Gasteiger partial charge in [0.25, 0.3) is 10.2 Å². The van der Waals surface area contributed by atoms with Crippen LogP contribution in [0.15, 0.2) is 0 Å². The molecule has 1 aliphatic carbocycles. The van der Waals surface area contributed by atoms with Gasteiger partial charge < -0.3 is 5.11 Å². The topological polar surface area (TPSA) is 95.5 Å². The van der Waals surface area contributed by atoms with Gasteiger partial charge in [-0.05, 0) is 25.2 Å². The number of carbonyl (C=O) groups is 1. The summed E-state index contributed by atoms with van der Waals surface area (Å²) < 4.78 is 27.5. The Labute approximate surface area is 95.6 Å². The number of hydrogen-bond donors (Lipinski definition) is 3. The molecule has 0 aliphatic heterocycles. The monoisotopic (exact) mass is 250 g/mol. The lowest BCUT2D eigenvalue weighted by atomic mass is 10.1. The van der Waals surface area contributed by atoms with Crippen LogP contribution in [0.1, 0.15) is 33.1 Å². The third-order valence-corrected chi connectivity index (χ3v) is 3.44. The number of nitrogens with one attached hydrogen (secondary N) is 2. The second-order valence-corrected chi connectivity index (χ2v) is 6.01. The van der Waals surface area contributed by atoms with E-state index >= 15 is 0 Å². The molecule has 0 heterocycles. The molecule has 0 bridgehead atoms. The number of hydrogen-bond acceptors (Lipinski definition) is 3. The molecule has 7 heteroatoms. The fourth-order valence-corrected chi connectivity index (χ4v) is 2.63. The summed E-state index contributed by atoms with van der Waals surface area (Å²) in [7, 11) is -3.69. The van der Waals surface area contributed by atoms with Gasteiger partial charge in [-0.25, -0.2) is 0 Å². The van der Waals surface area contributed by atoms with E-state index in [0.29, 0.717) is 0 Å².